The van der Waals surface area contributed by atoms with Gasteiger partial charge in [-0.2, -0.15) is 0 Å². The highest BCUT2D eigenvalue weighted by Crippen LogP contribution is 2.29. The fraction of sp³-hybridized carbons (Fsp3) is 0.588. The first-order valence-corrected chi connectivity index (χ1v) is 8.18. The number of nitrogens with one attached hydrogen (secondary N) is 1. The van der Waals surface area contributed by atoms with Crippen molar-refractivity contribution in [2.24, 2.45) is 11.7 Å². The maximum absolute atomic E-state index is 5.70. The van der Waals surface area contributed by atoms with Crippen LogP contribution in [-0.2, 0) is 0 Å². The molecule has 1 saturated carbocycles. The van der Waals surface area contributed by atoms with E-state index in [1.165, 1.54) is 44.2 Å². The molecule has 0 unspecified atom stereocenters. The van der Waals surface area contributed by atoms with Crippen LogP contribution in [0.2, 0.25) is 0 Å². The van der Waals surface area contributed by atoms with Crippen LogP contribution in [0.25, 0.3) is 0 Å². The fourth-order valence-electron chi connectivity index (χ4n) is 3.27. The minimum Gasteiger partial charge on any atom is -0.389 e. The molecule has 0 saturated heterocycles. The van der Waals surface area contributed by atoms with Crippen molar-refractivity contribution in [3.63, 3.8) is 0 Å². The van der Waals surface area contributed by atoms with Crippen LogP contribution in [0.3, 0.4) is 0 Å². The third-order valence-electron chi connectivity index (χ3n) is 4.41. The molecule has 0 heterocycles. The number of rotatable bonds is 5. The van der Waals surface area contributed by atoms with Crippen molar-refractivity contribution in [2.75, 3.05) is 5.32 Å². The van der Waals surface area contributed by atoms with Gasteiger partial charge in [0.05, 0.1) is 0 Å². The Labute approximate surface area is 128 Å². The van der Waals surface area contributed by atoms with Gasteiger partial charge in [0.2, 0.25) is 0 Å². The summed E-state index contributed by atoms with van der Waals surface area (Å²) in [4.78, 5) is 0.481. The van der Waals surface area contributed by atoms with E-state index in [4.69, 9.17) is 18.0 Å². The van der Waals surface area contributed by atoms with Gasteiger partial charge in [0.25, 0.3) is 0 Å². The number of hydrogen-bond donors (Lipinski definition) is 2. The summed E-state index contributed by atoms with van der Waals surface area (Å²) in [6.07, 6.45) is 8.04. The second-order valence-electron chi connectivity index (χ2n) is 6.04. The van der Waals surface area contributed by atoms with Crippen molar-refractivity contribution < 1.29 is 0 Å². The van der Waals surface area contributed by atoms with E-state index in [-0.39, 0.29) is 0 Å². The van der Waals surface area contributed by atoms with Crippen LogP contribution in [0.1, 0.15) is 56.6 Å². The van der Waals surface area contributed by atoms with Crippen LogP contribution in [0, 0.1) is 12.8 Å². The standard InChI is InChI=1S/C17H26N2S/c1-3-4-13-5-7-14(8-6-13)19-15-9-10-16(17(18)20)12(2)11-15/h9-11,13-14,19H,3-8H2,1-2H3,(H2,18,20). The van der Waals surface area contributed by atoms with E-state index in [1.807, 2.05) is 6.07 Å². The van der Waals surface area contributed by atoms with Crippen molar-refractivity contribution in [3.8, 4) is 0 Å². The molecular formula is C17H26N2S. The summed E-state index contributed by atoms with van der Waals surface area (Å²) < 4.78 is 0. The lowest BCUT2D eigenvalue weighted by molar-refractivity contribution is 0.319. The van der Waals surface area contributed by atoms with Gasteiger partial charge in [-0.25, -0.2) is 0 Å². The van der Waals surface area contributed by atoms with Gasteiger partial charge in [0.1, 0.15) is 4.99 Å². The van der Waals surface area contributed by atoms with Crippen molar-refractivity contribution >= 4 is 22.9 Å². The van der Waals surface area contributed by atoms with E-state index >= 15 is 0 Å². The van der Waals surface area contributed by atoms with Crippen LogP contribution in [-0.4, -0.2) is 11.0 Å². The average Bonchev–Trinajstić information content (AvgIpc) is 2.41. The molecule has 110 valence electrons. The summed E-state index contributed by atoms with van der Waals surface area (Å²) in [5.74, 6) is 0.955. The zero-order chi connectivity index (χ0) is 14.5. The Morgan fingerprint density at radius 1 is 1.30 bits per heavy atom. The van der Waals surface area contributed by atoms with E-state index in [0.29, 0.717) is 11.0 Å². The van der Waals surface area contributed by atoms with Crippen molar-refractivity contribution in [1.29, 1.82) is 0 Å². The zero-order valence-electron chi connectivity index (χ0n) is 12.6. The lowest BCUT2D eigenvalue weighted by atomic mass is 9.83. The van der Waals surface area contributed by atoms with E-state index < -0.39 is 0 Å². The van der Waals surface area contributed by atoms with Crippen LogP contribution < -0.4 is 11.1 Å². The van der Waals surface area contributed by atoms with Crippen LogP contribution >= 0.6 is 12.2 Å². The van der Waals surface area contributed by atoms with E-state index in [0.717, 1.165) is 17.0 Å². The monoisotopic (exact) mass is 290 g/mol. The topological polar surface area (TPSA) is 38.0 Å². The van der Waals surface area contributed by atoms with Gasteiger partial charge < -0.3 is 11.1 Å². The zero-order valence-corrected chi connectivity index (χ0v) is 13.4. The quantitative estimate of drug-likeness (QED) is 0.789. The molecule has 1 aromatic carbocycles. The molecule has 1 aliphatic carbocycles. The van der Waals surface area contributed by atoms with Gasteiger partial charge in [0, 0.05) is 17.3 Å². The number of thiocarbonyl (C=S) groups is 1. The molecule has 1 aliphatic rings. The first-order valence-electron chi connectivity index (χ1n) is 7.77. The molecule has 0 aromatic heterocycles. The second kappa shape index (κ2) is 7.07. The highest BCUT2D eigenvalue weighted by Gasteiger charge is 2.20. The third kappa shape index (κ3) is 3.95. The maximum Gasteiger partial charge on any atom is 0.104 e. The Bertz CT molecular complexity index is 462. The van der Waals surface area contributed by atoms with E-state index in [9.17, 15) is 0 Å². The van der Waals surface area contributed by atoms with Gasteiger partial charge in [-0.3, -0.25) is 0 Å². The molecule has 3 heteroatoms. The molecule has 1 fully saturated rings. The fourth-order valence-corrected chi connectivity index (χ4v) is 3.50. The van der Waals surface area contributed by atoms with Crippen LogP contribution in [0.5, 0.6) is 0 Å². The number of nitrogens with two attached hydrogens (primary N) is 1. The molecule has 3 N–H and O–H groups in total. The number of aryl methyl sites for hydroxylation is 1. The summed E-state index contributed by atoms with van der Waals surface area (Å²) in [6.45, 7) is 4.36. The number of anilines is 1. The van der Waals surface area contributed by atoms with Gasteiger partial charge in [-0.1, -0.05) is 32.0 Å². The lowest BCUT2D eigenvalue weighted by Crippen LogP contribution is -2.26. The summed E-state index contributed by atoms with van der Waals surface area (Å²) in [6, 6.07) is 6.91. The molecule has 1 aromatic rings. The molecule has 0 aliphatic heterocycles. The highest BCUT2D eigenvalue weighted by molar-refractivity contribution is 7.80. The first-order chi connectivity index (χ1) is 9.60. The predicted molar refractivity (Wildman–Crippen MR) is 91.3 cm³/mol. The Balaban J connectivity index is 1.91. The second-order valence-corrected chi connectivity index (χ2v) is 6.48. The van der Waals surface area contributed by atoms with E-state index in [2.05, 4.69) is 31.3 Å². The molecule has 2 rings (SSSR count). The van der Waals surface area contributed by atoms with Gasteiger partial charge in [-0.15, -0.1) is 0 Å². The van der Waals surface area contributed by atoms with E-state index in [1.54, 1.807) is 0 Å². The Morgan fingerprint density at radius 2 is 2.00 bits per heavy atom. The average molecular weight is 290 g/mol. The Kier molecular flexibility index (Phi) is 5.41. The highest BCUT2D eigenvalue weighted by atomic mass is 32.1. The molecule has 0 atom stereocenters. The summed E-state index contributed by atoms with van der Waals surface area (Å²) >= 11 is 5.05. The summed E-state index contributed by atoms with van der Waals surface area (Å²) in [5.41, 5.74) is 9.04. The third-order valence-corrected chi connectivity index (χ3v) is 4.63. The maximum atomic E-state index is 5.70. The lowest BCUT2D eigenvalue weighted by Gasteiger charge is -2.29. The van der Waals surface area contributed by atoms with Crippen LogP contribution in [0.4, 0.5) is 5.69 Å². The summed E-state index contributed by atoms with van der Waals surface area (Å²) in [7, 11) is 0. The van der Waals surface area contributed by atoms with Gasteiger partial charge in [0.15, 0.2) is 0 Å². The first kappa shape index (κ1) is 15.3. The Morgan fingerprint density at radius 3 is 2.55 bits per heavy atom. The number of benzene rings is 1. The molecular weight excluding hydrogens is 264 g/mol. The molecule has 0 bridgehead atoms. The van der Waals surface area contributed by atoms with Gasteiger partial charge in [-0.05, 0) is 62.3 Å². The van der Waals surface area contributed by atoms with Crippen molar-refractivity contribution in [2.45, 2.75) is 58.4 Å². The molecule has 0 amide bonds. The normalized spacial score (nSPS) is 22.5. The van der Waals surface area contributed by atoms with Crippen LogP contribution in [0.15, 0.2) is 18.2 Å². The largest absolute Gasteiger partial charge is 0.389 e. The smallest absolute Gasteiger partial charge is 0.104 e. The van der Waals surface area contributed by atoms with Crippen molar-refractivity contribution in [3.05, 3.63) is 29.3 Å². The molecule has 20 heavy (non-hydrogen) atoms. The SMILES string of the molecule is CCCC1CCC(Nc2ccc(C(N)=S)c(C)c2)CC1. The minimum absolute atomic E-state index is 0.481. The molecule has 0 spiro atoms. The molecule has 0 radical (unpaired) electrons. The molecule has 2 nitrogen and oxygen atoms in total. The number of hydrogen-bond acceptors (Lipinski definition) is 2. The predicted octanol–water partition coefficient (Wildman–Crippen LogP) is 4.40. The minimum atomic E-state index is 0.481. The summed E-state index contributed by atoms with van der Waals surface area (Å²) in [5, 5.41) is 3.67. The van der Waals surface area contributed by atoms with Gasteiger partial charge >= 0.3 is 0 Å². The van der Waals surface area contributed by atoms with Crippen molar-refractivity contribution in [1.82, 2.24) is 0 Å². The Hall–Kier alpha value is -1.09.